The van der Waals surface area contributed by atoms with Crippen LogP contribution in [0.4, 0.5) is 5.69 Å². The van der Waals surface area contributed by atoms with Crippen LogP contribution in [0.5, 0.6) is 5.75 Å². The average molecular weight is 337 g/mol. The first-order chi connectivity index (χ1) is 12.0. The highest BCUT2D eigenvalue weighted by Gasteiger charge is 2.15. The SMILES string of the molecule is COc1ccc2cc(C(=O)N(C)Cc3ccc(N(C)C)cc3)[nH]c2c1. The second-order valence-corrected chi connectivity index (χ2v) is 6.36. The van der Waals surface area contributed by atoms with Crippen LogP contribution in [0.2, 0.25) is 0 Å². The molecule has 2 aromatic carbocycles. The summed E-state index contributed by atoms with van der Waals surface area (Å²) < 4.78 is 5.23. The van der Waals surface area contributed by atoms with Crippen molar-refractivity contribution in [2.45, 2.75) is 6.54 Å². The number of H-pyrrole nitrogens is 1. The first-order valence-electron chi connectivity index (χ1n) is 8.16. The first kappa shape index (κ1) is 16.9. The van der Waals surface area contributed by atoms with Crippen molar-refractivity contribution in [3.8, 4) is 5.75 Å². The molecule has 130 valence electrons. The van der Waals surface area contributed by atoms with Crippen LogP contribution in [0.3, 0.4) is 0 Å². The van der Waals surface area contributed by atoms with Crippen LogP contribution in [-0.2, 0) is 6.54 Å². The third kappa shape index (κ3) is 3.60. The molecule has 1 aromatic heterocycles. The Morgan fingerprint density at radius 2 is 1.76 bits per heavy atom. The third-order valence-corrected chi connectivity index (χ3v) is 4.28. The Hall–Kier alpha value is -2.95. The molecule has 3 rings (SSSR count). The van der Waals surface area contributed by atoms with E-state index in [-0.39, 0.29) is 5.91 Å². The van der Waals surface area contributed by atoms with Gasteiger partial charge in [0.05, 0.1) is 7.11 Å². The fourth-order valence-electron chi connectivity index (χ4n) is 2.80. The van der Waals surface area contributed by atoms with Crippen molar-refractivity contribution < 1.29 is 9.53 Å². The van der Waals surface area contributed by atoms with Crippen molar-refractivity contribution in [1.29, 1.82) is 0 Å². The minimum atomic E-state index is -0.0353. The van der Waals surface area contributed by atoms with E-state index in [0.29, 0.717) is 12.2 Å². The van der Waals surface area contributed by atoms with Crippen molar-refractivity contribution in [3.63, 3.8) is 0 Å². The number of benzene rings is 2. The Morgan fingerprint density at radius 3 is 2.40 bits per heavy atom. The van der Waals surface area contributed by atoms with Gasteiger partial charge in [0, 0.05) is 50.3 Å². The van der Waals surface area contributed by atoms with Gasteiger partial charge in [-0.05, 0) is 35.9 Å². The molecule has 1 N–H and O–H groups in total. The maximum absolute atomic E-state index is 12.7. The Kier molecular flexibility index (Phi) is 4.65. The standard InChI is InChI=1S/C20H23N3O2/c1-22(2)16-8-5-14(6-9-16)13-23(3)20(24)19-11-15-7-10-17(25-4)12-18(15)21-19/h5-12,21H,13H2,1-4H3. The lowest BCUT2D eigenvalue weighted by atomic mass is 10.2. The summed E-state index contributed by atoms with van der Waals surface area (Å²) in [5, 5.41) is 0.993. The van der Waals surface area contributed by atoms with E-state index in [1.54, 1.807) is 12.0 Å². The number of nitrogens with zero attached hydrogens (tertiary/aromatic N) is 2. The molecule has 0 saturated heterocycles. The van der Waals surface area contributed by atoms with Crippen molar-refractivity contribution in [2.24, 2.45) is 0 Å². The second-order valence-electron chi connectivity index (χ2n) is 6.36. The minimum Gasteiger partial charge on any atom is -0.497 e. The van der Waals surface area contributed by atoms with Crippen LogP contribution in [0.15, 0.2) is 48.5 Å². The van der Waals surface area contributed by atoms with E-state index in [1.807, 2.05) is 45.4 Å². The number of hydrogen-bond donors (Lipinski definition) is 1. The summed E-state index contributed by atoms with van der Waals surface area (Å²) >= 11 is 0. The number of carbonyl (C=O) groups is 1. The largest absolute Gasteiger partial charge is 0.497 e. The molecule has 0 aliphatic rings. The molecule has 0 atom stereocenters. The fraction of sp³-hybridized carbons (Fsp3) is 0.250. The number of amides is 1. The van der Waals surface area contributed by atoms with Crippen LogP contribution in [-0.4, -0.2) is 44.0 Å². The zero-order valence-electron chi connectivity index (χ0n) is 15.0. The third-order valence-electron chi connectivity index (χ3n) is 4.28. The molecule has 1 amide bonds. The molecule has 0 unspecified atom stereocenters. The van der Waals surface area contributed by atoms with Crippen LogP contribution < -0.4 is 9.64 Å². The zero-order valence-corrected chi connectivity index (χ0v) is 15.0. The monoisotopic (exact) mass is 337 g/mol. The molecule has 3 aromatic rings. The number of aromatic amines is 1. The van der Waals surface area contributed by atoms with Gasteiger partial charge in [-0.25, -0.2) is 0 Å². The molecular weight excluding hydrogens is 314 g/mol. The highest BCUT2D eigenvalue weighted by molar-refractivity contribution is 5.98. The molecule has 0 fully saturated rings. The number of fused-ring (bicyclic) bond motifs is 1. The topological polar surface area (TPSA) is 48.6 Å². The molecule has 0 aliphatic heterocycles. The van der Waals surface area contributed by atoms with Gasteiger partial charge in [0.15, 0.2) is 0 Å². The summed E-state index contributed by atoms with van der Waals surface area (Å²) in [5.74, 6) is 0.731. The molecule has 0 radical (unpaired) electrons. The first-order valence-corrected chi connectivity index (χ1v) is 8.16. The van der Waals surface area contributed by atoms with E-state index in [1.165, 1.54) is 0 Å². The van der Waals surface area contributed by atoms with E-state index in [9.17, 15) is 4.79 Å². The summed E-state index contributed by atoms with van der Waals surface area (Å²) in [7, 11) is 7.46. The normalized spacial score (nSPS) is 10.7. The Bertz CT molecular complexity index is 882. The number of carbonyl (C=O) groups excluding carboxylic acids is 1. The van der Waals surface area contributed by atoms with Gasteiger partial charge in [0.2, 0.25) is 0 Å². The lowest BCUT2D eigenvalue weighted by Gasteiger charge is -2.18. The molecule has 5 heteroatoms. The van der Waals surface area contributed by atoms with Gasteiger partial charge in [-0.15, -0.1) is 0 Å². The lowest BCUT2D eigenvalue weighted by Crippen LogP contribution is -2.26. The molecule has 5 nitrogen and oxygen atoms in total. The summed E-state index contributed by atoms with van der Waals surface area (Å²) in [4.78, 5) is 19.7. The Balaban J connectivity index is 1.75. The highest BCUT2D eigenvalue weighted by Crippen LogP contribution is 2.22. The van der Waals surface area contributed by atoms with E-state index in [2.05, 4.69) is 34.1 Å². The highest BCUT2D eigenvalue weighted by atomic mass is 16.5. The van der Waals surface area contributed by atoms with Gasteiger partial charge < -0.3 is 19.5 Å². The second kappa shape index (κ2) is 6.89. The van der Waals surface area contributed by atoms with Crippen LogP contribution in [0, 0.1) is 0 Å². The average Bonchev–Trinajstić information content (AvgIpc) is 3.04. The number of nitrogens with one attached hydrogen (secondary N) is 1. The molecular formula is C20H23N3O2. The predicted octanol–water partition coefficient (Wildman–Crippen LogP) is 3.51. The molecule has 0 bridgehead atoms. The fourth-order valence-corrected chi connectivity index (χ4v) is 2.80. The van der Waals surface area contributed by atoms with E-state index < -0.39 is 0 Å². The molecule has 25 heavy (non-hydrogen) atoms. The van der Waals surface area contributed by atoms with Gasteiger partial charge in [0.1, 0.15) is 11.4 Å². The summed E-state index contributed by atoms with van der Waals surface area (Å²) in [5.41, 5.74) is 3.71. The van der Waals surface area contributed by atoms with E-state index >= 15 is 0 Å². The van der Waals surface area contributed by atoms with Gasteiger partial charge in [0.25, 0.3) is 5.91 Å². The van der Waals surface area contributed by atoms with E-state index in [0.717, 1.165) is 27.9 Å². The molecule has 1 heterocycles. The summed E-state index contributed by atoms with van der Waals surface area (Å²) in [6.07, 6.45) is 0. The number of ether oxygens (including phenoxy) is 1. The zero-order chi connectivity index (χ0) is 18.0. The molecule has 0 spiro atoms. The maximum Gasteiger partial charge on any atom is 0.270 e. The number of hydrogen-bond acceptors (Lipinski definition) is 3. The number of anilines is 1. The van der Waals surface area contributed by atoms with Gasteiger partial charge in [-0.1, -0.05) is 12.1 Å². The predicted molar refractivity (Wildman–Crippen MR) is 101 cm³/mol. The minimum absolute atomic E-state index is 0.0353. The van der Waals surface area contributed by atoms with Gasteiger partial charge in [-0.3, -0.25) is 4.79 Å². The van der Waals surface area contributed by atoms with Gasteiger partial charge >= 0.3 is 0 Å². The molecule has 0 saturated carbocycles. The lowest BCUT2D eigenvalue weighted by molar-refractivity contribution is 0.0780. The van der Waals surface area contributed by atoms with Crippen LogP contribution in [0.1, 0.15) is 16.1 Å². The van der Waals surface area contributed by atoms with Crippen LogP contribution in [0.25, 0.3) is 10.9 Å². The van der Waals surface area contributed by atoms with Crippen molar-refractivity contribution in [2.75, 3.05) is 33.2 Å². The number of aromatic nitrogens is 1. The van der Waals surface area contributed by atoms with Crippen molar-refractivity contribution in [3.05, 3.63) is 59.8 Å². The summed E-state index contributed by atoms with van der Waals surface area (Å²) in [6.45, 7) is 0.561. The maximum atomic E-state index is 12.7. The Morgan fingerprint density at radius 1 is 1.04 bits per heavy atom. The van der Waals surface area contributed by atoms with Gasteiger partial charge in [-0.2, -0.15) is 0 Å². The number of methoxy groups -OCH3 is 1. The quantitative estimate of drug-likeness (QED) is 0.775. The smallest absolute Gasteiger partial charge is 0.270 e. The summed E-state index contributed by atoms with van der Waals surface area (Å²) in [6, 6.07) is 15.8. The van der Waals surface area contributed by atoms with Crippen molar-refractivity contribution in [1.82, 2.24) is 9.88 Å². The molecule has 0 aliphatic carbocycles. The van der Waals surface area contributed by atoms with Crippen molar-refractivity contribution >= 4 is 22.5 Å². The number of rotatable bonds is 5. The van der Waals surface area contributed by atoms with E-state index in [4.69, 9.17) is 4.74 Å². The van der Waals surface area contributed by atoms with Crippen LogP contribution >= 0.6 is 0 Å². The Labute approximate surface area is 147 Å².